The van der Waals surface area contributed by atoms with Crippen LogP contribution < -0.4 is 9.47 Å². The summed E-state index contributed by atoms with van der Waals surface area (Å²) in [6.07, 6.45) is 7.43. The van der Waals surface area contributed by atoms with E-state index in [1.165, 1.54) is 20.5 Å². The number of allylic oxidation sites excluding steroid dienone is 2. The fourth-order valence-corrected chi connectivity index (χ4v) is 3.57. The Labute approximate surface area is 130 Å². The lowest BCUT2D eigenvalue weighted by atomic mass is 9.87. The summed E-state index contributed by atoms with van der Waals surface area (Å²) in [7, 11) is 1.50. The SMILES string of the molecule is COc1cc(C(=O)CC2CC3C=CC2C3)ccc1OC(C)=O. The van der Waals surface area contributed by atoms with Gasteiger partial charge in [-0.05, 0) is 48.8 Å². The van der Waals surface area contributed by atoms with Crippen molar-refractivity contribution in [1.82, 2.24) is 0 Å². The topological polar surface area (TPSA) is 52.6 Å². The molecule has 2 aliphatic carbocycles. The summed E-state index contributed by atoms with van der Waals surface area (Å²) < 4.78 is 10.3. The third kappa shape index (κ3) is 2.91. The number of hydrogen-bond donors (Lipinski definition) is 0. The van der Waals surface area contributed by atoms with Crippen molar-refractivity contribution >= 4 is 11.8 Å². The van der Waals surface area contributed by atoms with E-state index >= 15 is 0 Å². The van der Waals surface area contributed by atoms with E-state index < -0.39 is 5.97 Å². The molecule has 22 heavy (non-hydrogen) atoms. The molecule has 4 heteroatoms. The Morgan fingerprint density at radius 1 is 1.18 bits per heavy atom. The molecule has 0 radical (unpaired) electrons. The molecular weight excluding hydrogens is 280 g/mol. The highest BCUT2D eigenvalue weighted by Gasteiger charge is 2.36. The van der Waals surface area contributed by atoms with Crippen LogP contribution in [-0.4, -0.2) is 18.9 Å². The maximum absolute atomic E-state index is 12.5. The normalized spacial score (nSPS) is 25.3. The van der Waals surface area contributed by atoms with Crippen LogP contribution in [0.3, 0.4) is 0 Å². The Bertz CT molecular complexity index is 632. The fraction of sp³-hybridized carbons (Fsp3) is 0.444. The first kappa shape index (κ1) is 14.8. The van der Waals surface area contributed by atoms with E-state index in [0.717, 1.165) is 6.42 Å². The van der Waals surface area contributed by atoms with Crippen molar-refractivity contribution in [1.29, 1.82) is 0 Å². The lowest BCUT2D eigenvalue weighted by molar-refractivity contribution is -0.132. The van der Waals surface area contributed by atoms with E-state index in [2.05, 4.69) is 12.2 Å². The molecule has 0 spiro atoms. The lowest BCUT2D eigenvalue weighted by Gasteiger charge is -2.17. The van der Waals surface area contributed by atoms with Gasteiger partial charge in [-0.3, -0.25) is 9.59 Å². The number of rotatable bonds is 5. The fourth-order valence-electron chi connectivity index (χ4n) is 3.57. The maximum atomic E-state index is 12.5. The number of Topliss-reactive ketones (excluding diaryl/α,β-unsaturated/α-hetero) is 1. The van der Waals surface area contributed by atoms with Gasteiger partial charge in [0.25, 0.3) is 0 Å². The van der Waals surface area contributed by atoms with Crippen molar-refractivity contribution in [3.63, 3.8) is 0 Å². The highest BCUT2D eigenvalue weighted by Crippen LogP contribution is 2.45. The van der Waals surface area contributed by atoms with Crippen LogP contribution in [0.1, 0.15) is 36.5 Å². The number of methoxy groups -OCH3 is 1. The summed E-state index contributed by atoms with van der Waals surface area (Å²) in [6, 6.07) is 4.98. The van der Waals surface area contributed by atoms with Gasteiger partial charge < -0.3 is 9.47 Å². The van der Waals surface area contributed by atoms with Gasteiger partial charge in [-0.15, -0.1) is 0 Å². The first-order valence-corrected chi connectivity index (χ1v) is 7.65. The van der Waals surface area contributed by atoms with Gasteiger partial charge in [0.15, 0.2) is 17.3 Å². The molecule has 2 aliphatic rings. The Kier molecular flexibility index (Phi) is 4.01. The molecular formula is C18H20O4. The van der Waals surface area contributed by atoms with Crippen LogP contribution in [0.15, 0.2) is 30.4 Å². The monoisotopic (exact) mass is 300 g/mol. The largest absolute Gasteiger partial charge is 0.493 e. The lowest BCUT2D eigenvalue weighted by Crippen LogP contribution is -2.13. The average Bonchev–Trinajstić information content (AvgIpc) is 3.09. The second kappa shape index (κ2) is 5.95. The van der Waals surface area contributed by atoms with Crippen LogP contribution in [0.2, 0.25) is 0 Å². The van der Waals surface area contributed by atoms with E-state index in [9.17, 15) is 9.59 Å². The number of esters is 1. The summed E-state index contributed by atoms with van der Waals surface area (Å²) in [4.78, 5) is 23.5. The number of ether oxygens (including phenoxy) is 2. The van der Waals surface area contributed by atoms with Crippen LogP contribution in [0.25, 0.3) is 0 Å². The van der Waals surface area contributed by atoms with Crippen LogP contribution in [0.5, 0.6) is 11.5 Å². The number of carbonyl (C=O) groups is 2. The van der Waals surface area contributed by atoms with Crippen molar-refractivity contribution < 1.29 is 19.1 Å². The molecule has 3 rings (SSSR count). The van der Waals surface area contributed by atoms with Gasteiger partial charge in [-0.2, -0.15) is 0 Å². The molecule has 0 aromatic heterocycles. The minimum atomic E-state index is -0.411. The summed E-state index contributed by atoms with van der Waals surface area (Å²) in [6.45, 7) is 1.33. The molecule has 1 aromatic carbocycles. The third-order valence-electron chi connectivity index (χ3n) is 4.60. The van der Waals surface area contributed by atoms with Crippen molar-refractivity contribution in [2.75, 3.05) is 7.11 Å². The first-order chi connectivity index (χ1) is 10.6. The molecule has 2 bridgehead atoms. The first-order valence-electron chi connectivity index (χ1n) is 7.65. The summed E-state index contributed by atoms with van der Waals surface area (Å²) in [5, 5.41) is 0. The van der Waals surface area contributed by atoms with Gasteiger partial charge in [0.2, 0.25) is 0 Å². The van der Waals surface area contributed by atoms with E-state index in [0.29, 0.717) is 41.2 Å². The van der Waals surface area contributed by atoms with E-state index in [1.54, 1.807) is 18.2 Å². The Balaban J connectivity index is 1.72. The highest BCUT2D eigenvalue weighted by atomic mass is 16.6. The molecule has 3 unspecified atom stereocenters. The van der Waals surface area contributed by atoms with Gasteiger partial charge in [0, 0.05) is 18.9 Å². The number of hydrogen-bond acceptors (Lipinski definition) is 4. The summed E-state index contributed by atoms with van der Waals surface area (Å²) >= 11 is 0. The smallest absolute Gasteiger partial charge is 0.308 e. The van der Waals surface area contributed by atoms with Gasteiger partial charge in [0.1, 0.15) is 0 Å². The molecule has 0 saturated heterocycles. The molecule has 0 amide bonds. The standard InChI is InChI=1S/C18H20O4/c1-11(19)22-17-6-5-14(10-18(17)21-2)16(20)9-15-8-12-3-4-13(15)7-12/h3-6,10,12-13,15H,7-9H2,1-2H3. The number of ketones is 1. The quantitative estimate of drug-likeness (QED) is 0.362. The second-order valence-electron chi connectivity index (χ2n) is 6.13. The third-order valence-corrected chi connectivity index (χ3v) is 4.60. The van der Waals surface area contributed by atoms with Gasteiger partial charge in [-0.1, -0.05) is 12.2 Å². The van der Waals surface area contributed by atoms with Crippen LogP contribution in [0, 0.1) is 17.8 Å². The predicted molar refractivity (Wildman–Crippen MR) is 82.1 cm³/mol. The second-order valence-corrected chi connectivity index (χ2v) is 6.13. The number of fused-ring (bicyclic) bond motifs is 2. The average molecular weight is 300 g/mol. The predicted octanol–water partition coefficient (Wildman–Crippen LogP) is 3.41. The minimum Gasteiger partial charge on any atom is -0.493 e. The molecule has 1 aromatic rings. The zero-order chi connectivity index (χ0) is 15.7. The minimum absolute atomic E-state index is 0.124. The molecule has 0 aliphatic heterocycles. The zero-order valence-corrected chi connectivity index (χ0v) is 12.9. The van der Waals surface area contributed by atoms with Crippen LogP contribution in [-0.2, 0) is 4.79 Å². The number of benzene rings is 1. The maximum Gasteiger partial charge on any atom is 0.308 e. The van der Waals surface area contributed by atoms with E-state index in [1.807, 2.05) is 0 Å². The molecule has 3 atom stereocenters. The van der Waals surface area contributed by atoms with Crippen molar-refractivity contribution in [2.24, 2.45) is 17.8 Å². The van der Waals surface area contributed by atoms with Gasteiger partial charge >= 0.3 is 5.97 Å². The molecule has 0 N–H and O–H groups in total. The molecule has 1 saturated carbocycles. The molecule has 4 nitrogen and oxygen atoms in total. The van der Waals surface area contributed by atoms with Crippen LogP contribution >= 0.6 is 0 Å². The van der Waals surface area contributed by atoms with Crippen molar-refractivity contribution in [3.05, 3.63) is 35.9 Å². The Morgan fingerprint density at radius 3 is 2.59 bits per heavy atom. The van der Waals surface area contributed by atoms with Crippen molar-refractivity contribution in [2.45, 2.75) is 26.2 Å². The van der Waals surface area contributed by atoms with Crippen LogP contribution in [0.4, 0.5) is 0 Å². The number of carbonyl (C=O) groups excluding carboxylic acids is 2. The van der Waals surface area contributed by atoms with E-state index in [4.69, 9.17) is 9.47 Å². The van der Waals surface area contributed by atoms with Gasteiger partial charge in [0.05, 0.1) is 7.11 Å². The Morgan fingerprint density at radius 2 is 2.00 bits per heavy atom. The summed E-state index contributed by atoms with van der Waals surface area (Å²) in [5.41, 5.74) is 0.611. The highest BCUT2D eigenvalue weighted by molar-refractivity contribution is 5.97. The van der Waals surface area contributed by atoms with Crippen molar-refractivity contribution in [3.8, 4) is 11.5 Å². The summed E-state index contributed by atoms with van der Waals surface area (Å²) in [5.74, 6) is 2.16. The van der Waals surface area contributed by atoms with Gasteiger partial charge in [-0.25, -0.2) is 0 Å². The Hall–Kier alpha value is -2.10. The molecule has 0 heterocycles. The zero-order valence-electron chi connectivity index (χ0n) is 12.9. The van der Waals surface area contributed by atoms with E-state index in [-0.39, 0.29) is 5.78 Å². The molecule has 1 fully saturated rings. The molecule has 116 valence electrons.